The van der Waals surface area contributed by atoms with Gasteiger partial charge in [-0.3, -0.25) is 0 Å². The molecule has 1 aromatic heterocycles. The molecule has 0 amide bonds. The molecule has 76 valence electrons. The van der Waals surface area contributed by atoms with E-state index in [1.54, 1.807) is 18.3 Å². The minimum absolute atomic E-state index is 0.473. The summed E-state index contributed by atoms with van der Waals surface area (Å²) in [6.07, 6.45) is 1.60. The van der Waals surface area contributed by atoms with Crippen molar-refractivity contribution in [2.24, 2.45) is 0 Å². The third-order valence-corrected chi connectivity index (χ3v) is 2.77. The van der Waals surface area contributed by atoms with Gasteiger partial charge in [0.05, 0.1) is 4.47 Å². The SMILES string of the molecule is Brc1ccc(Oc2cccnn2)c(Br)c1. The van der Waals surface area contributed by atoms with Crippen LogP contribution >= 0.6 is 31.9 Å². The van der Waals surface area contributed by atoms with Gasteiger partial charge in [0.15, 0.2) is 0 Å². The lowest BCUT2D eigenvalue weighted by Gasteiger charge is -2.05. The van der Waals surface area contributed by atoms with Gasteiger partial charge < -0.3 is 4.74 Å². The summed E-state index contributed by atoms with van der Waals surface area (Å²) in [5.41, 5.74) is 0. The summed E-state index contributed by atoms with van der Waals surface area (Å²) in [5, 5.41) is 7.56. The van der Waals surface area contributed by atoms with E-state index >= 15 is 0 Å². The van der Waals surface area contributed by atoms with Crippen LogP contribution in [0.3, 0.4) is 0 Å². The summed E-state index contributed by atoms with van der Waals surface area (Å²) < 4.78 is 7.37. The lowest BCUT2D eigenvalue weighted by atomic mass is 10.3. The van der Waals surface area contributed by atoms with E-state index in [0.29, 0.717) is 11.6 Å². The Bertz CT molecular complexity index is 462. The number of ether oxygens (including phenoxy) is 1. The van der Waals surface area contributed by atoms with Crippen LogP contribution in [-0.4, -0.2) is 10.2 Å². The van der Waals surface area contributed by atoms with Crippen molar-refractivity contribution in [3.63, 3.8) is 0 Å². The van der Waals surface area contributed by atoms with Gasteiger partial charge >= 0.3 is 0 Å². The summed E-state index contributed by atoms with van der Waals surface area (Å²) >= 11 is 6.77. The van der Waals surface area contributed by atoms with Crippen LogP contribution in [0, 0.1) is 0 Å². The zero-order valence-electron chi connectivity index (χ0n) is 7.52. The Morgan fingerprint density at radius 3 is 2.67 bits per heavy atom. The van der Waals surface area contributed by atoms with Gasteiger partial charge in [-0.1, -0.05) is 15.9 Å². The van der Waals surface area contributed by atoms with Crippen molar-refractivity contribution in [1.29, 1.82) is 0 Å². The maximum Gasteiger partial charge on any atom is 0.238 e. The molecule has 0 bridgehead atoms. The largest absolute Gasteiger partial charge is 0.436 e. The molecule has 0 saturated carbocycles. The van der Waals surface area contributed by atoms with E-state index in [0.717, 1.165) is 8.95 Å². The van der Waals surface area contributed by atoms with Crippen LogP contribution < -0.4 is 4.74 Å². The first-order valence-electron chi connectivity index (χ1n) is 4.16. The number of aromatic nitrogens is 2. The maximum absolute atomic E-state index is 5.52. The van der Waals surface area contributed by atoms with Crippen molar-refractivity contribution >= 4 is 31.9 Å². The molecule has 0 radical (unpaired) electrons. The summed E-state index contributed by atoms with van der Waals surface area (Å²) in [7, 11) is 0. The number of rotatable bonds is 2. The molecular formula is C10H6Br2N2O. The molecule has 1 heterocycles. The fourth-order valence-electron chi connectivity index (χ4n) is 1.01. The number of hydrogen-bond donors (Lipinski definition) is 0. The standard InChI is InChI=1S/C10H6Br2N2O/c11-7-3-4-9(8(12)6-7)15-10-2-1-5-13-14-10/h1-6H. The van der Waals surface area contributed by atoms with Crippen LogP contribution in [0.2, 0.25) is 0 Å². The summed E-state index contributed by atoms with van der Waals surface area (Å²) in [6, 6.07) is 9.18. The van der Waals surface area contributed by atoms with Gasteiger partial charge in [-0.2, -0.15) is 5.10 Å². The van der Waals surface area contributed by atoms with Crippen molar-refractivity contribution in [3.8, 4) is 11.6 Å². The molecule has 0 aliphatic heterocycles. The molecule has 0 aliphatic rings. The smallest absolute Gasteiger partial charge is 0.238 e. The van der Waals surface area contributed by atoms with Gasteiger partial charge in [-0.05, 0) is 40.2 Å². The molecule has 0 spiro atoms. The Balaban J connectivity index is 2.25. The quantitative estimate of drug-likeness (QED) is 0.840. The normalized spacial score (nSPS) is 10.0. The predicted molar refractivity (Wildman–Crippen MR) is 63.9 cm³/mol. The van der Waals surface area contributed by atoms with Crippen LogP contribution in [0.25, 0.3) is 0 Å². The Morgan fingerprint density at radius 1 is 1.13 bits per heavy atom. The molecule has 5 heteroatoms. The molecule has 0 N–H and O–H groups in total. The van der Waals surface area contributed by atoms with Crippen molar-refractivity contribution in [1.82, 2.24) is 10.2 Å². The van der Waals surface area contributed by atoms with Crippen LogP contribution in [0.15, 0.2) is 45.5 Å². The van der Waals surface area contributed by atoms with Crippen molar-refractivity contribution in [2.45, 2.75) is 0 Å². The summed E-state index contributed by atoms with van der Waals surface area (Å²) in [5.74, 6) is 1.18. The van der Waals surface area contributed by atoms with Crippen LogP contribution in [0.5, 0.6) is 11.6 Å². The topological polar surface area (TPSA) is 35.0 Å². The monoisotopic (exact) mass is 328 g/mol. The third kappa shape index (κ3) is 2.76. The van der Waals surface area contributed by atoms with E-state index in [-0.39, 0.29) is 0 Å². The van der Waals surface area contributed by atoms with Crippen molar-refractivity contribution < 1.29 is 4.74 Å². The van der Waals surface area contributed by atoms with Gasteiger partial charge in [-0.15, -0.1) is 5.10 Å². The summed E-state index contributed by atoms with van der Waals surface area (Å²) in [6.45, 7) is 0. The van der Waals surface area contributed by atoms with Gasteiger partial charge in [0, 0.05) is 16.7 Å². The van der Waals surface area contributed by atoms with Crippen LogP contribution in [0.1, 0.15) is 0 Å². The minimum atomic E-state index is 0.473. The molecule has 15 heavy (non-hydrogen) atoms. The lowest BCUT2D eigenvalue weighted by molar-refractivity contribution is 0.452. The van der Waals surface area contributed by atoms with Crippen LogP contribution in [0.4, 0.5) is 0 Å². The Morgan fingerprint density at radius 2 is 2.00 bits per heavy atom. The first kappa shape index (κ1) is 10.6. The number of halogens is 2. The molecule has 0 fully saturated rings. The lowest BCUT2D eigenvalue weighted by Crippen LogP contribution is -1.89. The molecule has 1 aromatic carbocycles. The highest BCUT2D eigenvalue weighted by atomic mass is 79.9. The van der Waals surface area contributed by atoms with Crippen LogP contribution in [-0.2, 0) is 0 Å². The zero-order chi connectivity index (χ0) is 10.7. The Hall–Kier alpha value is -0.940. The highest BCUT2D eigenvalue weighted by molar-refractivity contribution is 9.11. The molecule has 3 nitrogen and oxygen atoms in total. The fraction of sp³-hybridized carbons (Fsp3) is 0. The fourth-order valence-corrected chi connectivity index (χ4v) is 2.14. The molecular weight excluding hydrogens is 324 g/mol. The van der Waals surface area contributed by atoms with E-state index in [2.05, 4.69) is 42.1 Å². The highest BCUT2D eigenvalue weighted by Gasteiger charge is 2.03. The zero-order valence-corrected chi connectivity index (χ0v) is 10.7. The predicted octanol–water partition coefficient (Wildman–Crippen LogP) is 3.79. The minimum Gasteiger partial charge on any atom is -0.436 e. The second-order valence-corrected chi connectivity index (χ2v) is 4.51. The average Bonchev–Trinajstić information content (AvgIpc) is 2.24. The van der Waals surface area contributed by atoms with Gasteiger partial charge in [-0.25, -0.2) is 0 Å². The Kier molecular flexibility index (Phi) is 3.33. The van der Waals surface area contributed by atoms with Crippen molar-refractivity contribution in [2.75, 3.05) is 0 Å². The molecule has 0 aliphatic carbocycles. The Labute approximate surface area is 104 Å². The highest BCUT2D eigenvalue weighted by Crippen LogP contribution is 2.30. The van der Waals surface area contributed by atoms with E-state index in [1.165, 1.54) is 0 Å². The molecule has 0 unspecified atom stereocenters. The van der Waals surface area contributed by atoms with Gasteiger partial charge in [0.2, 0.25) is 5.88 Å². The second-order valence-electron chi connectivity index (χ2n) is 2.74. The van der Waals surface area contributed by atoms with E-state index in [9.17, 15) is 0 Å². The molecule has 0 atom stereocenters. The van der Waals surface area contributed by atoms with Gasteiger partial charge in [0.25, 0.3) is 0 Å². The van der Waals surface area contributed by atoms with E-state index < -0.39 is 0 Å². The van der Waals surface area contributed by atoms with E-state index in [4.69, 9.17) is 4.74 Å². The number of nitrogens with zero attached hydrogens (tertiary/aromatic N) is 2. The first-order valence-corrected chi connectivity index (χ1v) is 5.75. The average molecular weight is 330 g/mol. The molecule has 2 rings (SSSR count). The van der Waals surface area contributed by atoms with Gasteiger partial charge in [0.1, 0.15) is 5.75 Å². The van der Waals surface area contributed by atoms with E-state index in [1.807, 2.05) is 18.2 Å². The molecule has 2 aromatic rings. The number of hydrogen-bond acceptors (Lipinski definition) is 3. The summed E-state index contributed by atoms with van der Waals surface area (Å²) in [4.78, 5) is 0. The second kappa shape index (κ2) is 4.72. The third-order valence-electron chi connectivity index (χ3n) is 1.66. The molecule has 0 saturated heterocycles. The van der Waals surface area contributed by atoms with Crippen molar-refractivity contribution in [3.05, 3.63) is 45.5 Å². The first-order chi connectivity index (χ1) is 7.25. The number of benzene rings is 1. The maximum atomic E-state index is 5.52.